The summed E-state index contributed by atoms with van der Waals surface area (Å²) in [6, 6.07) is 16.3. The van der Waals surface area contributed by atoms with E-state index in [9.17, 15) is 9.90 Å². The Bertz CT molecular complexity index is 1770. The summed E-state index contributed by atoms with van der Waals surface area (Å²) in [6.07, 6.45) is 2.62. The number of hydrogen-bond acceptors (Lipinski definition) is 7. The summed E-state index contributed by atoms with van der Waals surface area (Å²) in [5.41, 5.74) is 11.5. The van der Waals surface area contributed by atoms with Crippen molar-refractivity contribution in [1.29, 1.82) is 0 Å². The maximum absolute atomic E-state index is 13.4. The molecule has 228 valence electrons. The maximum atomic E-state index is 13.4. The number of piperidine rings is 1. The van der Waals surface area contributed by atoms with Gasteiger partial charge < -0.3 is 10.8 Å². The van der Waals surface area contributed by atoms with Crippen LogP contribution in [0.1, 0.15) is 29.5 Å². The summed E-state index contributed by atoms with van der Waals surface area (Å²) >= 11 is 8.39. The highest BCUT2D eigenvalue weighted by Gasteiger charge is 2.33. The molecule has 2 aromatic carbocycles. The van der Waals surface area contributed by atoms with Crippen LogP contribution in [0.3, 0.4) is 0 Å². The molecule has 4 heterocycles. The van der Waals surface area contributed by atoms with E-state index in [0.29, 0.717) is 43.5 Å². The number of hydrogen-bond donors (Lipinski definition) is 2. The predicted molar refractivity (Wildman–Crippen MR) is 180 cm³/mol. The number of nitrogens with zero attached hydrogens (tertiary/aromatic N) is 5. The van der Waals surface area contributed by atoms with Crippen LogP contribution in [0.25, 0.3) is 32.7 Å². The van der Waals surface area contributed by atoms with E-state index in [2.05, 4.69) is 45.5 Å². The Hall–Kier alpha value is -2.76. The summed E-state index contributed by atoms with van der Waals surface area (Å²) in [5, 5.41) is 18.8. The summed E-state index contributed by atoms with van der Waals surface area (Å²) in [4.78, 5) is 21.5. The van der Waals surface area contributed by atoms with Gasteiger partial charge in [0.1, 0.15) is 5.52 Å². The van der Waals surface area contributed by atoms with Crippen molar-refractivity contribution in [2.75, 3.05) is 13.1 Å². The minimum absolute atomic E-state index is 0. The summed E-state index contributed by atoms with van der Waals surface area (Å²) in [6.45, 7) is 4.86. The van der Waals surface area contributed by atoms with Crippen LogP contribution in [0.5, 0.6) is 0 Å². The van der Waals surface area contributed by atoms with E-state index in [4.69, 9.17) is 17.3 Å². The van der Waals surface area contributed by atoms with Gasteiger partial charge in [-0.3, -0.25) is 18.9 Å². The van der Waals surface area contributed by atoms with Crippen LogP contribution in [0.15, 0.2) is 65.0 Å². The van der Waals surface area contributed by atoms with E-state index >= 15 is 0 Å². The van der Waals surface area contributed by atoms with Gasteiger partial charge >= 0.3 is 0 Å². The second-order valence-corrected chi connectivity index (χ2v) is 12.4. The number of halogens is 3. The number of aryl methyl sites for hydroxylation is 2. The zero-order valence-electron chi connectivity index (χ0n) is 24.0. The quantitative estimate of drug-likeness (QED) is 0.228. The number of nitrogens with two attached hydrogens (primary N) is 1. The average Bonchev–Trinajstić information content (AvgIpc) is 3.55. The molecule has 5 aromatic rings. The topological polar surface area (TPSA) is 102 Å². The zero-order chi connectivity index (χ0) is 28.7. The molecule has 1 aliphatic rings. The molecule has 1 aliphatic heterocycles. The van der Waals surface area contributed by atoms with Gasteiger partial charge in [-0.15, -0.1) is 36.2 Å². The van der Waals surface area contributed by atoms with Gasteiger partial charge in [-0.1, -0.05) is 48.0 Å². The molecule has 0 unspecified atom stereocenters. The first kappa shape index (κ1) is 33.1. The molecule has 43 heavy (non-hydrogen) atoms. The zero-order valence-corrected chi connectivity index (χ0v) is 27.2. The van der Waals surface area contributed by atoms with Gasteiger partial charge in [0.2, 0.25) is 0 Å². The lowest BCUT2D eigenvalue weighted by Gasteiger charge is -2.38. The Balaban J connectivity index is 0.00000212. The van der Waals surface area contributed by atoms with Crippen molar-refractivity contribution in [3.05, 3.63) is 92.3 Å². The van der Waals surface area contributed by atoms with Gasteiger partial charge in [0.25, 0.3) is 5.56 Å². The van der Waals surface area contributed by atoms with Gasteiger partial charge in [0, 0.05) is 48.7 Å². The van der Waals surface area contributed by atoms with E-state index in [1.165, 1.54) is 21.3 Å². The molecule has 0 amide bonds. The molecule has 0 bridgehead atoms. The van der Waals surface area contributed by atoms with Crippen LogP contribution in [-0.2, 0) is 26.7 Å². The Kier molecular flexibility index (Phi) is 10.4. The SMILES string of the molecule is Cc1csc(-c2ccc(CN3CCC(O)(Cn4cnc5c(-c6ccc(CN)cc6)n(C)nc5c4=O)CC3)c(Cl)c2)c1.Cl.Cl. The maximum Gasteiger partial charge on any atom is 0.281 e. The fourth-order valence-electron chi connectivity index (χ4n) is 5.58. The van der Waals surface area contributed by atoms with Crippen molar-refractivity contribution in [1.82, 2.24) is 24.2 Å². The molecule has 0 radical (unpaired) electrons. The van der Waals surface area contributed by atoms with Crippen molar-refractivity contribution in [2.24, 2.45) is 12.8 Å². The van der Waals surface area contributed by atoms with Crippen molar-refractivity contribution in [3.8, 4) is 21.7 Å². The monoisotopic (exact) mass is 660 g/mol. The van der Waals surface area contributed by atoms with Crippen LogP contribution in [0, 0.1) is 6.92 Å². The second kappa shape index (κ2) is 13.5. The first-order chi connectivity index (χ1) is 19.7. The summed E-state index contributed by atoms with van der Waals surface area (Å²) < 4.78 is 3.18. The predicted octanol–water partition coefficient (Wildman–Crippen LogP) is 5.82. The number of likely N-dealkylation sites (tertiary alicyclic amines) is 1. The van der Waals surface area contributed by atoms with Crippen molar-refractivity contribution in [2.45, 2.75) is 45.0 Å². The van der Waals surface area contributed by atoms with Crippen LogP contribution in [-0.4, -0.2) is 48.0 Å². The minimum atomic E-state index is -1.00. The van der Waals surface area contributed by atoms with Crippen LogP contribution in [0.2, 0.25) is 5.02 Å². The Labute approximate surface area is 271 Å². The third kappa shape index (κ3) is 6.83. The highest BCUT2D eigenvalue weighted by atomic mass is 35.5. The van der Waals surface area contributed by atoms with Crippen molar-refractivity contribution >= 4 is 58.8 Å². The fourth-order valence-corrected chi connectivity index (χ4v) is 6.72. The number of fused-ring (bicyclic) bond motifs is 1. The number of aromatic nitrogens is 4. The minimum Gasteiger partial charge on any atom is -0.388 e. The van der Waals surface area contributed by atoms with Crippen LogP contribution in [0.4, 0.5) is 0 Å². The first-order valence-electron chi connectivity index (χ1n) is 13.7. The molecular formula is C31H35Cl3N6O2S. The highest BCUT2D eigenvalue weighted by molar-refractivity contribution is 7.13. The van der Waals surface area contributed by atoms with Gasteiger partial charge in [-0.25, -0.2) is 4.98 Å². The van der Waals surface area contributed by atoms with Crippen LogP contribution >= 0.6 is 47.8 Å². The van der Waals surface area contributed by atoms with E-state index in [0.717, 1.165) is 39.5 Å². The molecule has 0 saturated carbocycles. The Morgan fingerprint density at radius 2 is 1.74 bits per heavy atom. The molecule has 0 atom stereocenters. The van der Waals surface area contributed by atoms with E-state index in [-0.39, 0.29) is 36.9 Å². The van der Waals surface area contributed by atoms with Gasteiger partial charge in [-0.05, 0) is 59.5 Å². The molecule has 0 aliphatic carbocycles. The third-order valence-corrected chi connectivity index (χ3v) is 9.44. The van der Waals surface area contributed by atoms with Gasteiger partial charge in [0.05, 0.1) is 24.2 Å². The van der Waals surface area contributed by atoms with Crippen LogP contribution < -0.4 is 11.3 Å². The first-order valence-corrected chi connectivity index (χ1v) is 15.0. The second-order valence-electron chi connectivity index (χ2n) is 11.0. The molecule has 3 aromatic heterocycles. The normalized spacial score (nSPS) is 14.8. The largest absolute Gasteiger partial charge is 0.388 e. The number of benzene rings is 2. The molecule has 6 rings (SSSR count). The molecule has 8 nitrogen and oxygen atoms in total. The lowest BCUT2D eigenvalue weighted by molar-refractivity contribution is -0.0364. The van der Waals surface area contributed by atoms with Crippen molar-refractivity contribution in [3.63, 3.8) is 0 Å². The lowest BCUT2D eigenvalue weighted by Crippen LogP contribution is -2.47. The molecule has 1 saturated heterocycles. The third-order valence-electron chi connectivity index (χ3n) is 7.99. The lowest BCUT2D eigenvalue weighted by atomic mass is 9.91. The van der Waals surface area contributed by atoms with E-state index in [1.54, 1.807) is 16.0 Å². The fraction of sp³-hybridized carbons (Fsp3) is 0.323. The summed E-state index contributed by atoms with van der Waals surface area (Å²) in [7, 11) is 1.81. The van der Waals surface area contributed by atoms with Gasteiger partial charge in [0.15, 0.2) is 5.52 Å². The van der Waals surface area contributed by atoms with Crippen molar-refractivity contribution < 1.29 is 5.11 Å². The molecule has 0 spiro atoms. The Morgan fingerprint density at radius 1 is 1.05 bits per heavy atom. The average molecular weight is 662 g/mol. The number of aliphatic hydroxyl groups is 1. The molecule has 1 fully saturated rings. The number of rotatable bonds is 7. The van der Waals surface area contributed by atoms with E-state index in [1.807, 2.05) is 37.4 Å². The summed E-state index contributed by atoms with van der Waals surface area (Å²) in [5.74, 6) is 0. The van der Waals surface area contributed by atoms with Gasteiger partial charge in [-0.2, -0.15) is 5.10 Å². The molecule has 3 N–H and O–H groups in total. The Morgan fingerprint density at radius 3 is 2.37 bits per heavy atom. The smallest absolute Gasteiger partial charge is 0.281 e. The van der Waals surface area contributed by atoms with E-state index < -0.39 is 5.60 Å². The standard InChI is InChI=1S/C31H33ClN6O2S.2ClH/c1-20-13-26(41-17-20)23-7-8-24(25(32)14-23)16-37-11-9-31(40,10-12-37)18-38-19-34-27-28(30(38)39)35-36(2)29(27)22-5-3-21(15-33)4-6-22;;/h3-8,13-14,17,19,40H,9-12,15-16,18,33H2,1-2H3;2*1H. The molecular weight excluding hydrogens is 627 g/mol. The molecule has 12 heteroatoms. The number of thiophene rings is 1. The highest BCUT2D eigenvalue weighted by Crippen LogP contribution is 2.32.